The lowest BCUT2D eigenvalue weighted by molar-refractivity contribution is 0.205. The predicted octanol–water partition coefficient (Wildman–Crippen LogP) is 2.64. The van der Waals surface area contributed by atoms with Crippen LogP contribution < -0.4 is 10.1 Å². The minimum Gasteiger partial charge on any atom is -0.472 e. The fourth-order valence-corrected chi connectivity index (χ4v) is 2.25. The highest BCUT2D eigenvalue weighted by Crippen LogP contribution is 2.16. The average Bonchev–Trinajstić information content (AvgIpc) is 2.89. The van der Waals surface area contributed by atoms with Crippen LogP contribution in [-0.2, 0) is 0 Å². The van der Waals surface area contributed by atoms with Gasteiger partial charge in [-0.1, -0.05) is 28.6 Å². The minimum absolute atomic E-state index is 0. The zero-order valence-electron chi connectivity index (χ0n) is 12.0. The SMILES string of the molecule is C=C(Br)CNC(=NC)N1CCC(Oc2ccccn2)C1.I. The van der Waals surface area contributed by atoms with Crippen LogP contribution in [0.15, 0.2) is 40.4 Å². The first-order chi connectivity index (χ1) is 9.69. The van der Waals surface area contributed by atoms with Gasteiger partial charge in [0.15, 0.2) is 5.96 Å². The Labute approximate surface area is 151 Å². The summed E-state index contributed by atoms with van der Waals surface area (Å²) in [6.45, 7) is 6.20. The van der Waals surface area contributed by atoms with Crippen LogP contribution in [0.4, 0.5) is 0 Å². The zero-order valence-corrected chi connectivity index (χ0v) is 15.9. The van der Waals surface area contributed by atoms with Crippen LogP contribution in [0.2, 0.25) is 0 Å². The highest BCUT2D eigenvalue weighted by atomic mass is 127. The Bertz CT molecular complexity index is 483. The quantitative estimate of drug-likeness (QED) is 0.421. The molecule has 1 unspecified atom stereocenters. The zero-order chi connectivity index (χ0) is 14.4. The van der Waals surface area contributed by atoms with Gasteiger partial charge < -0.3 is 15.0 Å². The first kappa shape index (κ1) is 18.2. The largest absolute Gasteiger partial charge is 0.472 e. The number of rotatable bonds is 4. The topological polar surface area (TPSA) is 49.8 Å². The lowest BCUT2D eigenvalue weighted by Crippen LogP contribution is -2.41. The van der Waals surface area contributed by atoms with E-state index in [1.165, 1.54) is 0 Å². The van der Waals surface area contributed by atoms with Crippen molar-refractivity contribution < 1.29 is 4.74 Å². The summed E-state index contributed by atoms with van der Waals surface area (Å²) in [7, 11) is 1.78. The molecule has 0 radical (unpaired) electrons. The maximum atomic E-state index is 5.86. The summed E-state index contributed by atoms with van der Waals surface area (Å²) in [6, 6.07) is 5.69. The van der Waals surface area contributed by atoms with E-state index in [0.29, 0.717) is 12.4 Å². The maximum Gasteiger partial charge on any atom is 0.213 e. The molecule has 1 atom stereocenters. The van der Waals surface area contributed by atoms with Crippen LogP contribution in [0.25, 0.3) is 0 Å². The van der Waals surface area contributed by atoms with Gasteiger partial charge in [-0.2, -0.15) is 0 Å². The first-order valence-electron chi connectivity index (χ1n) is 6.55. The van der Waals surface area contributed by atoms with Gasteiger partial charge in [0.05, 0.1) is 6.54 Å². The lowest BCUT2D eigenvalue weighted by Gasteiger charge is -2.21. The number of likely N-dealkylation sites (tertiary alicyclic amines) is 1. The Kier molecular flexibility index (Phi) is 8.02. The van der Waals surface area contributed by atoms with Crippen molar-refractivity contribution in [2.45, 2.75) is 12.5 Å². The van der Waals surface area contributed by atoms with Crippen molar-refractivity contribution in [1.82, 2.24) is 15.2 Å². The average molecular weight is 467 g/mol. The van der Waals surface area contributed by atoms with Gasteiger partial charge in [0.2, 0.25) is 5.88 Å². The summed E-state index contributed by atoms with van der Waals surface area (Å²) in [6.07, 6.45) is 2.85. The van der Waals surface area contributed by atoms with E-state index in [1.54, 1.807) is 13.2 Å². The molecule has 1 N–H and O–H groups in total. The van der Waals surface area contributed by atoms with Crippen molar-refractivity contribution in [3.63, 3.8) is 0 Å². The predicted molar refractivity (Wildman–Crippen MR) is 99.7 cm³/mol. The molecule has 1 aliphatic rings. The van der Waals surface area contributed by atoms with E-state index in [2.05, 4.69) is 42.7 Å². The first-order valence-corrected chi connectivity index (χ1v) is 7.35. The number of nitrogens with one attached hydrogen (secondary N) is 1. The van der Waals surface area contributed by atoms with Crippen LogP contribution >= 0.6 is 39.9 Å². The molecule has 1 saturated heterocycles. The molecule has 2 heterocycles. The van der Waals surface area contributed by atoms with E-state index in [1.807, 2.05) is 18.2 Å². The molecule has 21 heavy (non-hydrogen) atoms. The van der Waals surface area contributed by atoms with Gasteiger partial charge in [-0.15, -0.1) is 24.0 Å². The molecule has 2 rings (SSSR count). The molecule has 0 aromatic carbocycles. The van der Waals surface area contributed by atoms with Gasteiger partial charge in [-0.3, -0.25) is 4.99 Å². The van der Waals surface area contributed by atoms with E-state index >= 15 is 0 Å². The molecule has 1 aromatic rings. The van der Waals surface area contributed by atoms with Crippen molar-refractivity contribution in [3.05, 3.63) is 35.5 Å². The van der Waals surface area contributed by atoms with Gasteiger partial charge >= 0.3 is 0 Å². The molecular formula is C14H20BrIN4O. The second kappa shape index (κ2) is 9.24. The van der Waals surface area contributed by atoms with Crippen molar-refractivity contribution in [3.8, 4) is 5.88 Å². The normalized spacial score (nSPS) is 18.1. The number of guanidine groups is 1. The third kappa shape index (κ3) is 5.82. The number of ether oxygens (including phenoxy) is 1. The Morgan fingerprint density at radius 1 is 1.62 bits per heavy atom. The Morgan fingerprint density at radius 2 is 2.43 bits per heavy atom. The van der Waals surface area contributed by atoms with Crippen LogP contribution in [0, 0.1) is 0 Å². The second-order valence-electron chi connectivity index (χ2n) is 4.56. The Morgan fingerprint density at radius 3 is 3.05 bits per heavy atom. The third-order valence-corrected chi connectivity index (χ3v) is 3.30. The molecule has 0 spiro atoms. The second-order valence-corrected chi connectivity index (χ2v) is 5.68. The summed E-state index contributed by atoms with van der Waals surface area (Å²) in [5, 5.41) is 3.25. The van der Waals surface area contributed by atoms with Crippen LogP contribution in [0.1, 0.15) is 6.42 Å². The summed E-state index contributed by atoms with van der Waals surface area (Å²) < 4.78 is 6.77. The third-order valence-electron chi connectivity index (χ3n) is 3.02. The standard InChI is InChI=1S/C14H19BrN4O.HI/c1-11(15)9-18-14(16-2)19-8-6-12(10-19)20-13-5-3-4-7-17-13;/h3-5,7,12H,1,6,8-10H2,2H3,(H,16,18);1H. The van der Waals surface area contributed by atoms with Crippen LogP contribution in [0.3, 0.4) is 0 Å². The summed E-state index contributed by atoms with van der Waals surface area (Å²) in [5.41, 5.74) is 0. The molecule has 0 amide bonds. The molecule has 116 valence electrons. The monoisotopic (exact) mass is 466 g/mol. The van der Waals surface area contributed by atoms with E-state index < -0.39 is 0 Å². The number of pyridine rings is 1. The van der Waals surface area contributed by atoms with Crippen molar-refractivity contribution in [2.24, 2.45) is 4.99 Å². The molecule has 5 nitrogen and oxygen atoms in total. The highest BCUT2D eigenvalue weighted by molar-refractivity contribution is 14.0. The highest BCUT2D eigenvalue weighted by Gasteiger charge is 2.26. The molecule has 7 heteroatoms. The summed E-state index contributed by atoms with van der Waals surface area (Å²) in [4.78, 5) is 10.7. The lowest BCUT2D eigenvalue weighted by atomic mass is 10.3. The van der Waals surface area contributed by atoms with Crippen LogP contribution in [-0.4, -0.2) is 48.6 Å². The van der Waals surface area contributed by atoms with Crippen molar-refractivity contribution in [1.29, 1.82) is 0 Å². The molecule has 1 fully saturated rings. The number of nitrogens with zero attached hydrogens (tertiary/aromatic N) is 3. The van der Waals surface area contributed by atoms with Crippen molar-refractivity contribution >= 4 is 45.9 Å². The molecule has 0 aliphatic carbocycles. The molecule has 1 aliphatic heterocycles. The van der Waals surface area contributed by atoms with Gasteiger partial charge in [0.25, 0.3) is 0 Å². The number of halogens is 2. The fraction of sp³-hybridized carbons (Fsp3) is 0.429. The molecule has 0 saturated carbocycles. The number of aliphatic imine (C=N–C) groups is 1. The smallest absolute Gasteiger partial charge is 0.213 e. The molecule has 1 aromatic heterocycles. The summed E-state index contributed by atoms with van der Waals surface area (Å²) >= 11 is 3.33. The van der Waals surface area contributed by atoms with E-state index in [9.17, 15) is 0 Å². The fourth-order valence-electron chi connectivity index (χ4n) is 2.11. The molecular weight excluding hydrogens is 447 g/mol. The van der Waals surface area contributed by atoms with Gasteiger partial charge in [0.1, 0.15) is 6.10 Å². The number of aromatic nitrogens is 1. The minimum atomic E-state index is 0. The Hall–Kier alpha value is -0.830. The van der Waals surface area contributed by atoms with Crippen molar-refractivity contribution in [2.75, 3.05) is 26.7 Å². The van der Waals surface area contributed by atoms with E-state index in [-0.39, 0.29) is 30.1 Å². The number of hydrogen-bond donors (Lipinski definition) is 1. The number of hydrogen-bond acceptors (Lipinski definition) is 3. The van der Waals surface area contributed by atoms with Gasteiger partial charge in [-0.25, -0.2) is 4.98 Å². The van der Waals surface area contributed by atoms with Crippen LogP contribution in [0.5, 0.6) is 5.88 Å². The van der Waals surface area contributed by atoms with Gasteiger partial charge in [0, 0.05) is 43.3 Å². The Balaban J connectivity index is 0.00000220. The molecule has 0 bridgehead atoms. The van der Waals surface area contributed by atoms with E-state index in [0.717, 1.165) is 30.0 Å². The maximum absolute atomic E-state index is 5.86. The van der Waals surface area contributed by atoms with Gasteiger partial charge in [-0.05, 0) is 6.07 Å². The summed E-state index contributed by atoms with van der Waals surface area (Å²) in [5.74, 6) is 1.55. The van der Waals surface area contributed by atoms with E-state index in [4.69, 9.17) is 4.74 Å².